The lowest BCUT2D eigenvalue weighted by Crippen LogP contribution is -2.42. The van der Waals surface area contributed by atoms with E-state index in [0.29, 0.717) is 13.0 Å². The number of hydrogen-bond donors (Lipinski definition) is 1. The number of amides is 1. The van der Waals surface area contributed by atoms with Crippen LogP contribution in [-0.2, 0) is 9.53 Å². The summed E-state index contributed by atoms with van der Waals surface area (Å²) in [4.78, 5) is 15.5. The van der Waals surface area contributed by atoms with Gasteiger partial charge in [-0.3, -0.25) is 9.69 Å². The van der Waals surface area contributed by atoms with E-state index in [1.54, 1.807) is 4.90 Å². The molecule has 2 rings (SSSR count). The van der Waals surface area contributed by atoms with E-state index >= 15 is 0 Å². The van der Waals surface area contributed by atoms with Crippen LogP contribution in [0.2, 0.25) is 0 Å². The number of aliphatic hydroxyl groups is 1. The molecule has 0 aromatic heterocycles. The van der Waals surface area contributed by atoms with E-state index in [0.717, 1.165) is 39.4 Å². The third-order valence-corrected chi connectivity index (χ3v) is 3.06. The zero-order valence-corrected chi connectivity index (χ0v) is 8.89. The van der Waals surface area contributed by atoms with Crippen molar-refractivity contribution in [3.05, 3.63) is 0 Å². The lowest BCUT2D eigenvalue weighted by Gasteiger charge is -2.28. The number of morpholine rings is 1. The van der Waals surface area contributed by atoms with Gasteiger partial charge in [0.2, 0.25) is 0 Å². The van der Waals surface area contributed by atoms with Crippen LogP contribution < -0.4 is 0 Å². The molecule has 2 saturated heterocycles. The fourth-order valence-electron chi connectivity index (χ4n) is 2.03. The van der Waals surface area contributed by atoms with E-state index < -0.39 is 6.10 Å². The topological polar surface area (TPSA) is 53.0 Å². The van der Waals surface area contributed by atoms with Crippen LogP contribution >= 0.6 is 0 Å². The summed E-state index contributed by atoms with van der Waals surface area (Å²) in [6.45, 7) is 5.80. The molecule has 2 aliphatic heterocycles. The fourth-order valence-corrected chi connectivity index (χ4v) is 2.03. The van der Waals surface area contributed by atoms with Crippen molar-refractivity contribution in [1.82, 2.24) is 9.80 Å². The van der Waals surface area contributed by atoms with Crippen LogP contribution in [0.15, 0.2) is 0 Å². The third-order valence-electron chi connectivity index (χ3n) is 3.06. The van der Waals surface area contributed by atoms with Crippen molar-refractivity contribution in [2.75, 3.05) is 45.9 Å². The minimum atomic E-state index is -0.755. The van der Waals surface area contributed by atoms with Crippen LogP contribution in [0, 0.1) is 0 Å². The maximum atomic E-state index is 11.4. The van der Waals surface area contributed by atoms with Gasteiger partial charge < -0.3 is 14.7 Å². The molecule has 0 radical (unpaired) electrons. The normalized spacial score (nSPS) is 28.7. The highest BCUT2D eigenvalue weighted by molar-refractivity contribution is 5.82. The molecule has 2 heterocycles. The molecular weight excluding hydrogens is 196 g/mol. The number of aliphatic hydroxyl groups excluding tert-OH is 1. The van der Waals surface area contributed by atoms with Crippen LogP contribution in [0.25, 0.3) is 0 Å². The number of hydrogen-bond acceptors (Lipinski definition) is 4. The van der Waals surface area contributed by atoms with Gasteiger partial charge in [-0.05, 0) is 6.42 Å². The number of likely N-dealkylation sites (tertiary alicyclic amines) is 1. The predicted molar refractivity (Wildman–Crippen MR) is 54.5 cm³/mol. The summed E-state index contributed by atoms with van der Waals surface area (Å²) in [7, 11) is 0. The monoisotopic (exact) mass is 214 g/mol. The Morgan fingerprint density at radius 1 is 1.27 bits per heavy atom. The summed E-state index contributed by atoms with van der Waals surface area (Å²) < 4.78 is 5.25. The highest BCUT2D eigenvalue weighted by Crippen LogP contribution is 2.10. The van der Waals surface area contributed by atoms with Crippen LogP contribution in [0.4, 0.5) is 0 Å². The Balaban J connectivity index is 1.71. The molecule has 5 heteroatoms. The quantitative estimate of drug-likeness (QED) is 0.649. The van der Waals surface area contributed by atoms with Gasteiger partial charge in [-0.2, -0.15) is 0 Å². The summed E-state index contributed by atoms with van der Waals surface area (Å²) in [6, 6.07) is 0. The maximum Gasteiger partial charge on any atom is 0.251 e. The van der Waals surface area contributed by atoms with Crippen LogP contribution in [0.1, 0.15) is 6.42 Å². The van der Waals surface area contributed by atoms with Crippen LogP contribution in [0.3, 0.4) is 0 Å². The number of rotatable bonds is 3. The van der Waals surface area contributed by atoms with Crippen molar-refractivity contribution in [3.63, 3.8) is 0 Å². The summed E-state index contributed by atoms with van der Waals surface area (Å²) in [5.41, 5.74) is 0. The first-order valence-electron chi connectivity index (χ1n) is 5.54. The van der Waals surface area contributed by atoms with Gasteiger partial charge in [0, 0.05) is 32.7 Å². The average molecular weight is 214 g/mol. The minimum absolute atomic E-state index is 0.108. The van der Waals surface area contributed by atoms with Gasteiger partial charge in [-0.25, -0.2) is 0 Å². The summed E-state index contributed by atoms with van der Waals surface area (Å²) in [5.74, 6) is -0.108. The standard InChI is InChI=1S/C10H18N2O3/c13-9-1-2-12(10(9)14)4-3-11-5-7-15-8-6-11/h9,13H,1-8H2. The van der Waals surface area contributed by atoms with Crippen molar-refractivity contribution >= 4 is 5.91 Å². The van der Waals surface area contributed by atoms with Crippen molar-refractivity contribution in [3.8, 4) is 0 Å². The van der Waals surface area contributed by atoms with Crippen LogP contribution in [0.5, 0.6) is 0 Å². The minimum Gasteiger partial charge on any atom is -0.383 e. The highest BCUT2D eigenvalue weighted by atomic mass is 16.5. The molecule has 0 aromatic carbocycles. The van der Waals surface area contributed by atoms with E-state index in [-0.39, 0.29) is 5.91 Å². The molecule has 1 unspecified atom stereocenters. The molecule has 0 aliphatic carbocycles. The Hall–Kier alpha value is -0.650. The molecule has 1 atom stereocenters. The van der Waals surface area contributed by atoms with Crippen LogP contribution in [-0.4, -0.2) is 72.9 Å². The van der Waals surface area contributed by atoms with Gasteiger partial charge in [0.05, 0.1) is 13.2 Å². The predicted octanol–water partition coefficient (Wildman–Crippen LogP) is -1.09. The molecule has 15 heavy (non-hydrogen) atoms. The molecule has 86 valence electrons. The van der Waals surface area contributed by atoms with E-state index in [4.69, 9.17) is 4.74 Å². The van der Waals surface area contributed by atoms with E-state index in [1.165, 1.54) is 0 Å². The van der Waals surface area contributed by atoms with Gasteiger partial charge in [0.15, 0.2) is 0 Å². The van der Waals surface area contributed by atoms with E-state index in [2.05, 4.69) is 4.90 Å². The number of nitrogens with zero attached hydrogens (tertiary/aromatic N) is 2. The Kier molecular flexibility index (Phi) is 3.56. The maximum absolute atomic E-state index is 11.4. The Morgan fingerprint density at radius 2 is 2.00 bits per heavy atom. The third kappa shape index (κ3) is 2.68. The lowest BCUT2D eigenvalue weighted by molar-refractivity contribution is -0.134. The molecule has 0 bridgehead atoms. The second-order valence-corrected chi connectivity index (χ2v) is 4.08. The number of carbonyl (C=O) groups excluding carboxylic acids is 1. The van der Waals surface area contributed by atoms with Gasteiger partial charge in [0.1, 0.15) is 6.10 Å². The number of carbonyl (C=O) groups is 1. The zero-order chi connectivity index (χ0) is 10.7. The first kappa shape index (κ1) is 10.9. The van der Waals surface area contributed by atoms with Gasteiger partial charge in [-0.1, -0.05) is 0 Å². The SMILES string of the molecule is O=C1C(O)CCN1CCN1CCOCC1. The van der Waals surface area contributed by atoms with Crippen molar-refractivity contribution < 1.29 is 14.6 Å². The molecule has 5 nitrogen and oxygen atoms in total. The Labute approximate surface area is 89.6 Å². The zero-order valence-electron chi connectivity index (χ0n) is 8.89. The van der Waals surface area contributed by atoms with Gasteiger partial charge in [-0.15, -0.1) is 0 Å². The molecule has 0 aromatic rings. The second-order valence-electron chi connectivity index (χ2n) is 4.08. The largest absolute Gasteiger partial charge is 0.383 e. The lowest BCUT2D eigenvalue weighted by atomic mass is 10.3. The van der Waals surface area contributed by atoms with Crippen molar-refractivity contribution in [2.45, 2.75) is 12.5 Å². The molecule has 0 spiro atoms. The van der Waals surface area contributed by atoms with Crippen molar-refractivity contribution in [2.24, 2.45) is 0 Å². The number of ether oxygens (including phenoxy) is 1. The first-order chi connectivity index (χ1) is 7.27. The fraction of sp³-hybridized carbons (Fsp3) is 0.900. The van der Waals surface area contributed by atoms with E-state index in [9.17, 15) is 9.90 Å². The van der Waals surface area contributed by atoms with Gasteiger partial charge in [0.25, 0.3) is 5.91 Å². The average Bonchev–Trinajstić information content (AvgIpc) is 2.59. The molecule has 0 saturated carbocycles. The molecule has 1 amide bonds. The summed E-state index contributed by atoms with van der Waals surface area (Å²) >= 11 is 0. The van der Waals surface area contributed by atoms with Crippen molar-refractivity contribution in [1.29, 1.82) is 0 Å². The molecule has 2 aliphatic rings. The summed E-state index contributed by atoms with van der Waals surface area (Å²) in [5, 5.41) is 9.28. The molecular formula is C10H18N2O3. The highest BCUT2D eigenvalue weighted by Gasteiger charge is 2.29. The second kappa shape index (κ2) is 4.92. The molecule has 2 fully saturated rings. The van der Waals surface area contributed by atoms with Gasteiger partial charge >= 0.3 is 0 Å². The Bertz CT molecular complexity index is 229. The van der Waals surface area contributed by atoms with E-state index in [1.807, 2.05) is 0 Å². The molecule has 1 N–H and O–H groups in total. The summed E-state index contributed by atoms with van der Waals surface area (Å²) in [6.07, 6.45) is -0.170. The first-order valence-corrected chi connectivity index (χ1v) is 5.54. The Morgan fingerprint density at radius 3 is 2.60 bits per heavy atom. The smallest absolute Gasteiger partial charge is 0.251 e.